The van der Waals surface area contributed by atoms with Crippen molar-refractivity contribution in [3.8, 4) is 0 Å². The normalized spacial score (nSPS) is 27.4. The molecule has 0 aliphatic carbocycles. The molecule has 3 heterocycles. The molecule has 0 amide bonds. The second-order valence-electron chi connectivity index (χ2n) is 14.0. The largest absolute Gasteiger partial charge is 0.455 e. The number of carbonyl (C=O) groups is 1. The van der Waals surface area contributed by atoms with Crippen LogP contribution in [0, 0.1) is 0 Å². The van der Waals surface area contributed by atoms with E-state index in [0.29, 0.717) is 12.8 Å². The predicted molar refractivity (Wildman–Crippen MR) is 175 cm³/mol. The smallest absolute Gasteiger partial charge is 0.334 e. The molecule has 8 atom stereocenters. The average molecular weight is 623 g/mol. The fourth-order valence-electron chi connectivity index (χ4n) is 7.28. The van der Waals surface area contributed by atoms with Gasteiger partial charge in [0.2, 0.25) is 0 Å². The number of hydrogen-bond acceptors (Lipinski definition) is 7. The summed E-state index contributed by atoms with van der Waals surface area (Å²) in [6, 6.07) is 0. The van der Waals surface area contributed by atoms with Crippen LogP contribution in [-0.4, -0.2) is 70.1 Å². The summed E-state index contributed by atoms with van der Waals surface area (Å²) < 4.78 is 17.7. The summed E-state index contributed by atoms with van der Waals surface area (Å²) in [5, 5.41) is 31.9. The van der Waals surface area contributed by atoms with Crippen LogP contribution in [0.3, 0.4) is 0 Å². The minimum absolute atomic E-state index is 0.00415. The fourth-order valence-corrected chi connectivity index (χ4v) is 7.28. The highest BCUT2D eigenvalue weighted by Crippen LogP contribution is 2.34. The Hall–Kier alpha value is -0.990. The minimum Gasteiger partial charge on any atom is -0.455 e. The monoisotopic (exact) mass is 622 g/mol. The number of carbonyl (C=O) groups excluding carboxylic acids is 1. The molecule has 3 N–H and O–H groups in total. The molecule has 3 aliphatic heterocycles. The second-order valence-corrected chi connectivity index (χ2v) is 14.0. The van der Waals surface area contributed by atoms with Crippen LogP contribution in [-0.2, 0) is 19.0 Å². The van der Waals surface area contributed by atoms with Crippen LogP contribution < -0.4 is 0 Å². The van der Waals surface area contributed by atoms with Crippen molar-refractivity contribution in [2.24, 2.45) is 0 Å². The number of cyclic esters (lactones) is 1. The lowest BCUT2D eigenvalue weighted by Gasteiger charge is -2.24. The Morgan fingerprint density at radius 2 is 1.14 bits per heavy atom. The number of unbranched alkanes of at least 4 members (excludes halogenated alkanes) is 12. The Morgan fingerprint density at radius 3 is 1.68 bits per heavy atom. The summed E-state index contributed by atoms with van der Waals surface area (Å²) >= 11 is 0. The minimum atomic E-state index is -0.516. The summed E-state index contributed by atoms with van der Waals surface area (Å²) in [7, 11) is 0. The molecule has 3 unspecified atom stereocenters. The van der Waals surface area contributed by atoms with E-state index in [0.717, 1.165) is 82.6 Å². The SMILES string of the molecule is CCCCCCCCCCCCC[C@H](O)[C@@H]1CCC(C2CC[C@H]([C@@H](O)CCCC(O)CCCCCC3=C[C@H](C)OC3=O)O2)O1. The molecule has 2 saturated heterocycles. The van der Waals surface area contributed by atoms with Crippen LogP contribution in [0.4, 0.5) is 0 Å². The zero-order chi connectivity index (χ0) is 31.6. The number of aliphatic hydroxyl groups excluding tert-OH is 3. The molecule has 256 valence electrons. The molecule has 3 rings (SSSR count). The first-order valence-corrected chi connectivity index (χ1v) is 18.6. The van der Waals surface area contributed by atoms with E-state index in [1.165, 1.54) is 64.2 Å². The molecule has 0 radical (unpaired) electrons. The van der Waals surface area contributed by atoms with Crippen molar-refractivity contribution >= 4 is 5.97 Å². The van der Waals surface area contributed by atoms with Gasteiger partial charge in [-0.3, -0.25) is 0 Å². The molecule has 0 aromatic heterocycles. The van der Waals surface area contributed by atoms with Gasteiger partial charge in [0, 0.05) is 5.57 Å². The lowest BCUT2D eigenvalue weighted by Crippen LogP contribution is -2.33. The van der Waals surface area contributed by atoms with Gasteiger partial charge in [0.05, 0.1) is 42.7 Å². The third kappa shape index (κ3) is 14.2. The fraction of sp³-hybridized carbons (Fsp3) is 0.919. The zero-order valence-electron chi connectivity index (χ0n) is 28.1. The first-order valence-electron chi connectivity index (χ1n) is 18.6. The molecule has 0 spiro atoms. The van der Waals surface area contributed by atoms with E-state index in [1.54, 1.807) is 0 Å². The van der Waals surface area contributed by atoms with E-state index in [9.17, 15) is 20.1 Å². The lowest BCUT2D eigenvalue weighted by molar-refractivity contribution is -0.139. The van der Waals surface area contributed by atoms with E-state index < -0.39 is 6.10 Å². The molecule has 44 heavy (non-hydrogen) atoms. The van der Waals surface area contributed by atoms with Crippen LogP contribution in [0.1, 0.15) is 168 Å². The molecule has 0 aromatic carbocycles. The van der Waals surface area contributed by atoms with Crippen molar-refractivity contribution < 1.29 is 34.3 Å². The summed E-state index contributed by atoms with van der Waals surface area (Å²) in [6.45, 7) is 4.14. The Bertz CT molecular complexity index is 801. The number of ether oxygens (including phenoxy) is 3. The predicted octanol–water partition coefficient (Wildman–Crippen LogP) is 7.86. The molecule has 0 bridgehead atoms. The molecule has 2 fully saturated rings. The molecule has 7 nitrogen and oxygen atoms in total. The summed E-state index contributed by atoms with van der Waals surface area (Å²) in [4.78, 5) is 11.7. The van der Waals surface area contributed by atoms with Gasteiger partial charge in [0.15, 0.2) is 0 Å². The first kappa shape index (κ1) is 37.5. The number of hydrogen-bond donors (Lipinski definition) is 3. The van der Waals surface area contributed by atoms with Crippen molar-refractivity contribution in [3.63, 3.8) is 0 Å². The number of aliphatic hydroxyl groups is 3. The average Bonchev–Trinajstić information content (AvgIpc) is 3.76. The van der Waals surface area contributed by atoms with E-state index in [-0.39, 0.29) is 48.7 Å². The standard InChI is InChI=1S/C37H66O7/c1-3-4-5-6-7-8-9-10-11-12-16-21-31(39)33-23-25-35(43-33)36-26-24-34(44-36)32(40)22-17-20-30(38)19-15-13-14-18-29-27-28(2)42-37(29)41/h27-28,30-36,38-40H,3-26H2,1-2H3/t28-,30?,31-,32-,33-,34+,35?,36?/m0/s1. The van der Waals surface area contributed by atoms with Crippen LogP contribution >= 0.6 is 0 Å². The van der Waals surface area contributed by atoms with Crippen LogP contribution in [0.15, 0.2) is 11.6 Å². The highest BCUT2D eigenvalue weighted by molar-refractivity contribution is 5.90. The molecule has 7 heteroatoms. The van der Waals surface area contributed by atoms with Gasteiger partial charge >= 0.3 is 5.97 Å². The van der Waals surface area contributed by atoms with Crippen LogP contribution in [0.2, 0.25) is 0 Å². The van der Waals surface area contributed by atoms with Gasteiger partial charge in [-0.2, -0.15) is 0 Å². The van der Waals surface area contributed by atoms with E-state index in [1.807, 2.05) is 13.0 Å². The van der Waals surface area contributed by atoms with Gasteiger partial charge in [-0.05, 0) is 83.6 Å². The van der Waals surface area contributed by atoms with Gasteiger partial charge in [-0.25, -0.2) is 4.79 Å². The van der Waals surface area contributed by atoms with Crippen molar-refractivity contribution in [1.29, 1.82) is 0 Å². The number of esters is 1. The van der Waals surface area contributed by atoms with Crippen molar-refractivity contribution in [2.45, 2.75) is 217 Å². The molecule has 0 aromatic rings. The zero-order valence-corrected chi connectivity index (χ0v) is 28.1. The van der Waals surface area contributed by atoms with Gasteiger partial charge in [-0.1, -0.05) is 90.4 Å². The molecule has 3 aliphatic rings. The van der Waals surface area contributed by atoms with Gasteiger partial charge in [0.25, 0.3) is 0 Å². The maximum Gasteiger partial charge on any atom is 0.334 e. The number of rotatable bonds is 25. The second kappa shape index (κ2) is 21.7. The third-order valence-corrected chi connectivity index (χ3v) is 10.1. The van der Waals surface area contributed by atoms with Crippen molar-refractivity contribution in [3.05, 3.63) is 11.6 Å². The Morgan fingerprint density at radius 1 is 0.659 bits per heavy atom. The highest BCUT2D eigenvalue weighted by Gasteiger charge is 2.40. The van der Waals surface area contributed by atoms with Crippen molar-refractivity contribution in [2.75, 3.05) is 0 Å². The summed E-state index contributed by atoms with van der Waals surface area (Å²) in [6.07, 6.45) is 25.6. The maximum absolute atomic E-state index is 11.7. The van der Waals surface area contributed by atoms with E-state index >= 15 is 0 Å². The van der Waals surface area contributed by atoms with E-state index in [4.69, 9.17) is 14.2 Å². The van der Waals surface area contributed by atoms with Gasteiger partial charge < -0.3 is 29.5 Å². The Kier molecular flexibility index (Phi) is 18.5. The van der Waals surface area contributed by atoms with Gasteiger partial charge in [-0.15, -0.1) is 0 Å². The van der Waals surface area contributed by atoms with Gasteiger partial charge in [0.1, 0.15) is 6.10 Å². The van der Waals surface area contributed by atoms with Crippen LogP contribution in [0.5, 0.6) is 0 Å². The highest BCUT2D eigenvalue weighted by atomic mass is 16.6. The molecular formula is C37H66O7. The quantitative estimate of drug-likeness (QED) is 0.0703. The lowest BCUT2D eigenvalue weighted by atomic mass is 9.99. The topological polar surface area (TPSA) is 105 Å². The van der Waals surface area contributed by atoms with Crippen LogP contribution in [0.25, 0.3) is 0 Å². The first-order chi connectivity index (χ1) is 21.4. The summed E-state index contributed by atoms with van der Waals surface area (Å²) in [5.41, 5.74) is 0.787. The third-order valence-electron chi connectivity index (χ3n) is 10.1. The maximum atomic E-state index is 11.7. The summed E-state index contributed by atoms with van der Waals surface area (Å²) in [5.74, 6) is -0.183. The molecule has 0 saturated carbocycles. The Labute approximate surface area is 268 Å². The van der Waals surface area contributed by atoms with E-state index in [2.05, 4.69) is 6.92 Å². The van der Waals surface area contributed by atoms with Crippen molar-refractivity contribution in [1.82, 2.24) is 0 Å². The Balaban J connectivity index is 1.16. The molecular weight excluding hydrogens is 556 g/mol.